The molecule has 1 unspecified atom stereocenters. The average molecular weight is 327 g/mol. The van der Waals surface area contributed by atoms with Crippen LogP contribution in [0.3, 0.4) is 0 Å². The summed E-state index contributed by atoms with van der Waals surface area (Å²) in [7, 11) is 1.67. The van der Waals surface area contributed by atoms with Crippen LogP contribution in [-0.2, 0) is 10.3 Å². The van der Waals surface area contributed by atoms with Gasteiger partial charge in [-0.3, -0.25) is 4.79 Å². The summed E-state index contributed by atoms with van der Waals surface area (Å²) in [6, 6.07) is 14.8. The zero-order valence-electron chi connectivity index (χ0n) is 14.3. The minimum atomic E-state index is -1.16. The monoisotopic (exact) mass is 327 g/mol. The first kappa shape index (κ1) is 18.2. The number of nitrogens with two attached hydrogens (primary N) is 1. The molecule has 4 nitrogen and oxygen atoms in total. The number of primary amides is 1. The van der Waals surface area contributed by atoms with Crippen LogP contribution in [0, 0.1) is 6.92 Å². The summed E-state index contributed by atoms with van der Waals surface area (Å²) in [5.74, 6) is -0.497. The molecular weight excluding hydrogens is 302 g/mol. The van der Waals surface area contributed by atoms with Gasteiger partial charge in [-0.15, -0.1) is 0 Å². The van der Waals surface area contributed by atoms with Crippen molar-refractivity contribution in [2.75, 3.05) is 13.7 Å². The molecule has 2 aromatic rings. The Morgan fingerprint density at radius 1 is 1.12 bits per heavy atom. The first-order valence-corrected chi connectivity index (χ1v) is 8.16. The van der Waals surface area contributed by atoms with Crippen molar-refractivity contribution in [2.45, 2.75) is 31.8 Å². The quantitative estimate of drug-likeness (QED) is 0.732. The van der Waals surface area contributed by atoms with E-state index in [2.05, 4.69) is 0 Å². The summed E-state index contributed by atoms with van der Waals surface area (Å²) in [5.41, 5.74) is 7.21. The Labute approximate surface area is 143 Å². The predicted molar refractivity (Wildman–Crippen MR) is 94.9 cm³/mol. The van der Waals surface area contributed by atoms with E-state index in [4.69, 9.17) is 10.5 Å². The van der Waals surface area contributed by atoms with E-state index in [-0.39, 0.29) is 0 Å². The molecule has 0 saturated heterocycles. The number of methoxy groups -OCH3 is 1. The van der Waals surface area contributed by atoms with E-state index in [1.165, 1.54) is 0 Å². The van der Waals surface area contributed by atoms with Crippen molar-refractivity contribution in [3.05, 3.63) is 70.8 Å². The molecule has 2 rings (SSSR count). The summed E-state index contributed by atoms with van der Waals surface area (Å²) < 4.78 is 5.09. The lowest BCUT2D eigenvalue weighted by Gasteiger charge is -2.30. The number of rotatable bonds is 8. The smallest absolute Gasteiger partial charge is 0.248 e. The van der Waals surface area contributed by atoms with E-state index in [9.17, 15) is 9.90 Å². The molecule has 0 heterocycles. The van der Waals surface area contributed by atoms with Crippen molar-refractivity contribution >= 4 is 5.91 Å². The fourth-order valence-electron chi connectivity index (χ4n) is 2.91. The van der Waals surface area contributed by atoms with Crippen molar-refractivity contribution in [3.8, 4) is 0 Å². The maximum absolute atomic E-state index is 11.5. The molecule has 128 valence electrons. The highest BCUT2D eigenvalue weighted by Crippen LogP contribution is 2.35. The molecule has 0 spiro atoms. The van der Waals surface area contributed by atoms with Gasteiger partial charge in [0.1, 0.15) is 5.60 Å². The van der Waals surface area contributed by atoms with Crippen LogP contribution >= 0.6 is 0 Å². The van der Waals surface area contributed by atoms with Crippen LogP contribution in [0.1, 0.15) is 46.3 Å². The van der Waals surface area contributed by atoms with Gasteiger partial charge in [-0.2, -0.15) is 0 Å². The number of aliphatic hydroxyl groups is 1. The highest BCUT2D eigenvalue weighted by molar-refractivity contribution is 5.93. The topological polar surface area (TPSA) is 72.6 Å². The second-order valence-electron chi connectivity index (χ2n) is 6.12. The molecule has 3 N–H and O–H groups in total. The molecule has 0 aliphatic carbocycles. The number of hydrogen-bond acceptors (Lipinski definition) is 3. The van der Waals surface area contributed by atoms with Gasteiger partial charge in [0.05, 0.1) is 0 Å². The Morgan fingerprint density at radius 2 is 1.79 bits per heavy atom. The number of unbranched alkanes of at least 4 members (excludes halogenated alkanes) is 1. The van der Waals surface area contributed by atoms with Crippen molar-refractivity contribution < 1.29 is 14.6 Å². The first-order chi connectivity index (χ1) is 11.5. The van der Waals surface area contributed by atoms with Crippen LogP contribution in [0.2, 0.25) is 0 Å². The molecule has 0 bridgehead atoms. The number of aryl methyl sites for hydroxylation is 1. The lowest BCUT2D eigenvalue weighted by Crippen LogP contribution is -2.28. The van der Waals surface area contributed by atoms with E-state index in [0.29, 0.717) is 24.2 Å². The normalized spacial score (nSPS) is 13.5. The highest BCUT2D eigenvalue weighted by Gasteiger charge is 2.31. The lowest BCUT2D eigenvalue weighted by atomic mass is 9.81. The minimum absolute atomic E-state index is 0.399. The van der Waals surface area contributed by atoms with Crippen LogP contribution < -0.4 is 5.73 Å². The van der Waals surface area contributed by atoms with Gasteiger partial charge in [0.2, 0.25) is 5.91 Å². The maximum atomic E-state index is 11.5. The van der Waals surface area contributed by atoms with E-state index in [0.717, 1.165) is 24.0 Å². The number of amides is 1. The zero-order valence-corrected chi connectivity index (χ0v) is 14.3. The van der Waals surface area contributed by atoms with Crippen LogP contribution in [0.4, 0.5) is 0 Å². The third kappa shape index (κ3) is 4.22. The standard InChI is InChI=1S/C20H25NO3/c1-15-7-5-9-17(13-15)20(23,11-3-4-12-24-2)18-10-6-8-16(14-18)19(21)22/h5-10,13-14,23H,3-4,11-12H2,1-2H3,(H2,21,22). The molecular formula is C20H25NO3. The summed E-state index contributed by atoms with van der Waals surface area (Å²) in [5, 5.41) is 11.5. The SMILES string of the molecule is COCCCCC(O)(c1cccc(C)c1)c1cccc(C(N)=O)c1. The Bertz CT molecular complexity index is 699. The van der Waals surface area contributed by atoms with Gasteiger partial charge < -0.3 is 15.6 Å². The lowest BCUT2D eigenvalue weighted by molar-refractivity contribution is 0.0650. The molecule has 0 fully saturated rings. The van der Waals surface area contributed by atoms with Crippen molar-refractivity contribution in [2.24, 2.45) is 5.73 Å². The fraction of sp³-hybridized carbons (Fsp3) is 0.350. The summed E-state index contributed by atoms with van der Waals surface area (Å²) >= 11 is 0. The second kappa shape index (κ2) is 8.08. The van der Waals surface area contributed by atoms with Gasteiger partial charge in [-0.1, -0.05) is 42.0 Å². The number of benzene rings is 2. The second-order valence-corrected chi connectivity index (χ2v) is 6.12. The Kier molecular flexibility index (Phi) is 6.12. The Balaban J connectivity index is 2.42. The van der Waals surface area contributed by atoms with Gasteiger partial charge >= 0.3 is 0 Å². The number of carbonyl (C=O) groups excluding carboxylic acids is 1. The third-order valence-corrected chi connectivity index (χ3v) is 4.26. The molecule has 2 aromatic carbocycles. The minimum Gasteiger partial charge on any atom is -0.385 e. The molecule has 0 aromatic heterocycles. The summed E-state index contributed by atoms with van der Waals surface area (Å²) in [6.07, 6.45) is 2.21. The van der Waals surface area contributed by atoms with E-state index in [1.54, 1.807) is 25.3 Å². The van der Waals surface area contributed by atoms with Gasteiger partial charge in [0, 0.05) is 19.3 Å². The number of ether oxygens (including phenoxy) is 1. The Hall–Kier alpha value is -2.17. The van der Waals surface area contributed by atoms with Crippen LogP contribution in [-0.4, -0.2) is 24.7 Å². The molecule has 0 saturated carbocycles. The van der Waals surface area contributed by atoms with Gasteiger partial charge in [0.15, 0.2) is 0 Å². The fourth-order valence-corrected chi connectivity index (χ4v) is 2.91. The van der Waals surface area contributed by atoms with Crippen molar-refractivity contribution in [1.82, 2.24) is 0 Å². The van der Waals surface area contributed by atoms with E-state index < -0.39 is 11.5 Å². The zero-order chi connectivity index (χ0) is 17.6. The predicted octanol–water partition coefficient (Wildman–Crippen LogP) is 3.15. The van der Waals surface area contributed by atoms with Gasteiger partial charge in [-0.25, -0.2) is 0 Å². The molecule has 4 heteroatoms. The molecule has 0 aliphatic heterocycles. The van der Waals surface area contributed by atoms with Gasteiger partial charge in [-0.05, 0) is 49.4 Å². The maximum Gasteiger partial charge on any atom is 0.248 e. The van der Waals surface area contributed by atoms with Crippen LogP contribution in [0.25, 0.3) is 0 Å². The summed E-state index contributed by atoms with van der Waals surface area (Å²) in [4.78, 5) is 11.5. The summed E-state index contributed by atoms with van der Waals surface area (Å²) in [6.45, 7) is 2.65. The molecule has 0 aliphatic rings. The van der Waals surface area contributed by atoms with E-state index in [1.807, 2.05) is 37.3 Å². The highest BCUT2D eigenvalue weighted by atomic mass is 16.5. The molecule has 0 radical (unpaired) electrons. The van der Waals surface area contributed by atoms with Crippen molar-refractivity contribution in [1.29, 1.82) is 0 Å². The largest absolute Gasteiger partial charge is 0.385 e. The van der Waals surface area contributed by atoms with Gasteiger partial charge in [0.25, 0.3) is 0 Å². The van der Waals surface area contributed by atoms with E-state index >= 15 is 0 Å². The number of hydrogen-bond donors (Lipinski definition) is 2. The first-order valence-electron chi connectivity index (χ1n) is 8.16. The molecule has 1 amide bonds. The molecule has 24 heavy (non-hydrogen) atoms. The van der Waals surface area contributed by atoms with Crippen LogP contribution in [0.15, 0.2) is 48.5 Å². The molecule has 1 atom stereocenters. The Morgan fingerprint density at radius 3 is 2.42 bits per heavy atom. The van der Waals surface area contributed by atoms with Crippen LogP contribution in [0.5, 0.6) is 0 Å². The van der Waals surface area contributed by atoms with Crippen molar-refractivity contribution in [3.63, 3.8) is 0 Å². The average Bonchev–Trinajstić information content (AvgIpc) is 2.58. The third-order valence-electron chi connectivity index (χ3n) is 4.26. The number of carbonyl (C=O) groups is 1.